The van der Waals surface area contributed by atoms with Crippen LogP contribution in [-0.2, 0) is 9.47 Å². The molecule has 0 heterocycles. The summed E-state index contributed by atoms with van der Waals surface area (Å²) in [5.41, 5.74) is -0.466. The summed E-state index contributed by atoms with van der Waals surface area (Å²) < 4.78 is 11.3. The number of carbonyl (C=O) groups is 1. The molecule has 0 spiro atoms. The molecule has 1 amide bonds. The molecule has 2 aliphatic carbocycles. The van der Waals surface area contributed by atoms with Crippen molar-refractivity contribution in [1.82, 2.24) is 10.6 Å². The minimum Gasteiger partial charge on any atom is -0.444 e. The van der Waals surface area contributed by atoms with E-state index in [9.17, 15) is 4.79 Å². The maximum atomic E-state index is 12.1. The summed E-state index contributed by atoms with van der Waals surface area (Å²) in [5, 5.41) is 6.84. The largest absolute Gasteiger partial charge is 0.444 e. The van der Waals surface area contributed by atoms with Crippen LogP contribution in [0.1, 0.15) is 73.1 Å². The normalized spacial score (nSPS) is 33.6. The Balaban J connectivity index is 1.92. The van der Waals surface area contributed by atoms with E-state index in [0.29, 0.717) is 12.6 Å². The molecule has 2 fully saturated rings. The smallest absolute Gasteiger partial charge is 0.407 e. The Morgan fingerprint density at radius 2 is 1.83 bits per heavy atom. The lowest BCUT2D eigenvalue weighted by atomic mass is 9.78. The predicted octanol–water partition coefficient (Wildman–Crippen LogP) is 3.62. The van der Waals surface area contributed by atoms with Gasteiger partial charge in [-0.2, -0.15) is 0 Å². The fraction of sp³-hybridized carbons (Fsp3) is 0.947. The summed E-state index contributed by atoms with van der Waals surface area (Å²) in [7, 11) is 0. The third kappa shape index (κ3) is 5.35. The van der Waals surface area contributed by atoms with Crippen LogP contribution in [-0.4, -0.2) is 42.5 Å². The maximum absolute atomic E-state index is 12.1. The molecule has 0 bridgehead atoms. The zero-order chi connectivity index (χ0) is 17.7. The molecule has 0 radical (unpaired) electrons. The van der Waals surface area contributed by atoms with Crippen molar-refractivity contribution >= 4 is 6.09 Å². The van der Waals surface area contributed by atoms with Crippen LogP contribution in [0.3, 0.4) is 0 Å². The van der Waals surface area contributed by atoms with Crippen molar-refractivity contribution < 1.29 is 14.3 Å². The highest BCUT2D eigenvalue weighted by Crippen LogP contribution is 2.31. The minimum atomic E-state index is -0.466. The molecule has 24 heavy (non-hydrogen) atoms. The van der Waals surface area contributed by atoms with Gasteiger partial charge in [0.2, 0.25) is 0 Å². The molecule has 5 atom stereocenters. The molecule has 5 heteroatoms. The van der Waals surface area contributed by atoms with Crippen LogP contribution >= 0.6 is 0 Å². The molecule has 140 valence electrons. The van der Waals surface area contributed by atoms with Gasteiger partial charge in [0.25, 0.3) is 0 Å². The molecule has 0 aromatic heterocycles. The molecule has 2 rings (SSSR count). The highest BCUT2D eigenvalue weighted by atomic mass is 16.6. The van der Waals surface area contributed by atoms with E-state index in [0.717, 1.165) is 12.3 Å². The van der Waals surface area contributed by atoms with Gasteiger partial charge in [0, 0.05) is 12.6 Å². The number of hydrogen-bond donors (Lipinski definition) is 2. The molecule has 2 N–H and O–H groups in total. The zero-order valence-corrected chi connectivity index (χ0v) is 16.1. The van der Waals surface area contributed by atoms with Gasteiger partial charge in [0.1, 0.15) is 5.60 Å². The lowest BCUT2D eigenvalue weighted by Crippen LogP contribution is -2.68. The summed E-state index contributed by atoms with van der Waals surface area (Å²) in [6, 6.07) is 0.824. The maximum Gasteiger partial charge on any atom is 0.407 e. The van der Waals surface area contributed by atoms with Gasteiger partial charge in [-0.15, -0.1) is 0 Å². The second kappa shape index (κ2) is 8.52. The van der Waals surface area contributed by atoms with Gasteiger partial charge in [-0.1, -0.05) is 26.2 Å². The van der Waals surface area contributed by atoms with Crippen molar-refractivity contribution in [3.8, 4) is 0 Å². The van der Waals surface area contributed by atoms with Crippen LogP contribution in [0.15, 0.2) is 0 Å². The average Bonchev–Trinajstić information content (AvgIpc) is 2.50. The van der Waals surface area contributed by atoms with Crippen molar-refractivity contribution in [1.29, 1.82) is 0 Å². The SMILES string of the molecule is CCOC1CC(NC(=O)OC(C)(C)C)C1NC1CCCCC1CC. The van der Waals surface area contributed by atoms with E-state index in [-0.39, 0.29) is 24.3 Å². The van der Waals surface area contributed by atoms with E-state index in [1.54, 1.807) is 0 Å². The van der Waals surface area contributed by atoms with E-state index >= 15 is 0 Å². The average molecular weight is 341 g/mol. The van der Waals surface area contributed by atoms with Crippen LogP contribution in [0, 0.1) is 5.92 Å². The Morgan fingerprint density at radius 1 is 1.12 bits per heavy atom. The molecular formula is C19H36N2O3. The predicted molar refractivity (Wildman–Crippen MR) is 96.1 cm³/mol. The summed E-state index contributed by atoms with van der Waals surface area (Å²) >= 11 is 0. The topological polar surface area (TPSA) is 59.6 Å². The van der Waals surface area contributed by atoms with Crippen LogP contribution in [0.25, 0.3) is 0 Å². The Hall–Kier alpha value is -0.810. The van der Waals surface area contributed by atoms with E-state index in [1.807, 2.05) is 27.7 Å². The first-order chi connectivity index (χ1) is 11.3. The number of nitrogens with one attached hydrogen (secondary N) is 2. The lowest BCUT2D eigenvalue weighted by Gasteiger charge is -2.48. The van der Waals surface area contributed by atoms with Gasteiger partial charge in [-0.3, -0.25) is 0 Å². The van der Waals surface area contributed by atoms with Crippen LogP contribution in [0.2, 0.25) is 0 Å². The zero-order valence-electron chi connectivity index (χ0n) is 16.1. The number of amides is 1. The van der Waals surface area contributed by atoms with Crippen LogP contribution in [0.5, 0.6) is 0 Å². The molecule has 2 aliphatic rings. The Labute approximate surface area is 147 Å². The first-order valence-corrected chi connectivity index (χ1v) is 9.71. The fourth-order valence-electron chi connectivity index (χ4n) is 3.99. The molecule has 2 saturated carbocycles. The highest BCUT2D eigenvalue weighted by Gasteiger charge is 2.44. The van der Waals surface area contributed by atoms with E-state index < -0.39 is 5.60 Å². The first-order valence-electron chi connectivity index (χ1n) is 9.71. The number of ether oxygens (including phenoxy) is 2. The van der Waals surface area contributed by atoms with E-state index in [1.165, 1.54) is 32.1 Å². The second-order valence-electron chi connectivity index (χ2n) is 8.23. The number of carbonyl (C=O) groups excluding carboxylic acids is 1. The summed E-state index contributed by atoms with van der Waals surface area (Å²) in [6.45, 7) is 10.7. The van der Waals surface area contributed by atoms with Gasteiger partial charge in [-0.05, 0) is 52.9 Å². The van der Waals surface area contributed by atoms with E-state index in [2.05, 4.69) is 17.6 Å². The van der Waals surface area contributed by atoms with Gasteiger partial charge in [0.15, 0.2) is 0 Å². The third-order valence-corrected chi connectivity index (χ3v) is 5.24. The summed E-state index contributed by atoms with van der Waals surface area (Å²) in [5.74, 6) is 0.740. The first kappa shape index (κ1) is 19.5. The Kier molecular flexibility index (Phi) is 6.93. The van der Waals surface area contributed by atoms with Gasteiger partial charge >= 0.3 is 6.09 Å². The summed E-state index contributed by atoms with van der Waals surface area (Å²) in [6.07, 6.45) is 7.11. The third-order valence-electron chi connectivity index (χ3n) is 5.24. The van der Waals surface area contributed by atoms with Gasteiger partial charge in [0.05, 0.1) is 18.2 Å². The van der Waals surface area contributed by atoms with E-state index in [4.69, 9.17) is 9.47 Å². The van der Waals surface area contributed by atoms with Gasteiger partial charge < -0.3 is 20.1 Å². The molecule has 0 aromatic carbocycles. The number of hydrogen-bond acceptors (Lipinski definition) is 4. The molecule has 0 aromatic rings. The number of alkyl carbamates (subject to hydrolysis) is 1. The highest BCUT2D eigenvalue weighted by molar-refractivity contribution is 5.68. The van der Waals surface area contributed by atoms with Crippen molar-refractivity contribution in [3.05, 3.63) is 0 Å². The van der Waals surface area contributed by atoms with Gasteiger partial charge in [-0.25, -0.2) is 4.79 Å². The molecule has 0 aliphatic heterocycles. The molecule has 5 nitrogen and oxygen atoms in total. The monoisotopic (exact) mass is 340 g/mol. The fourth-order valence-corrected chi connectivity index (χ4v) is 3.99. The molecule has 0 saturated heterocycles. The standard InChI is InChI=1S/C19H36N2O3/c1-6-13-10-8-9-11-14(13)20-17-15(12-16(17)23-7-2)21-18(22)24-19(3,4)5/h13-17,20H,6-12H2,1-5H3,(H,21,22). The van der Waals surface area contributed by atoms with Crippen molar-refractivity contribution in [3.63, 3.8) is 0 Å². The minimum absolute atomic E-state index is 0.0934. The Bertz CT molecular complexity index is 408. The van der Waals surface area contributed by atoms with Crippen molar-refractivity contribution in [2.45, 2.75) is 103 Å². The van der Waals surface area contributed by atoms with Crippen molar-refractivity contribution in [2.24, 2.45) is 5.92 Å². The number of rotatable bonds is 6. The second-order valence-corrected chi connectivity index (χ2v) is 8.23. The van der Waals surface area contributed by atoms with Crippen LogP contribution < -0.4 is 10.6 Å². The molecular weight excluding hydrogens is 304 g/mol. The quantitative estimate of drug-likeness (QED) is 0.775. The van der Waals surface area contributed by atoms with Crippen LogP contribution in [0.4, 0.5) is 4.79 Å². The van der Waals surface area contributed by atoms with Crippen molar-refractivity contribution in [2.75, 3.05) is 6.61 Å². The lowest BCUT2D eigenvalue weighted by molar-refractivity contribution is -0.0502. The Morgan fingerprint density at radius 3 is 2.46 bits per heavy atom. The summed E-state index contributed by atoms with van der Waals surface area (Å²) in [4.78, 5) is 12.1. The molecule has 5 unspecified atom stereocenters.